The van der Waals surface area contributed by atoms with Gasteiger partial charge in [-0.05, 0) is 43.5 Å². The summed E-state index contributed by atoms with van der Waals surface area (Å²) in [7, 11) is 0. The van der Waals surface area contributed by atoms with Gasteiger partial charge in [0, 0.05) is 24.7 Å². The van der Waals surface area contributed by atoms with E-state index >= 15 is 0 Å². The number of piperidine rings is 1. The fraction of sp³-hybridized carbons (Fsp3) is 0.611. The van der Waals surface area contributed by atoms with Crippen LogP contribution in [0.1, 0.15) is 44.3 Å². The van der Waals surface area contributed by atoms with E-state index in [-0.39, 0.29) is 11.8 Å². The number of rotatable bonds is 7. The number of aliphatic hydroxyl groups excluding tert-OH is 1. The molecule has 1 aromatic rings. The van der Waals surface area contributed by atoms with Gasteiger partial charge in [-0.3, -0.25) is 9.69 Å². The summed E-state index contributed by atoms with van der Waals surface area (Å²) in [6.45, 7) is 5.06. The van der Waals surface area contributed by atoms with Crippen molar-refractivity contribution in [2.75, 3.05) is 26.2 Å². The van der Waals surface area contributed by atoms with Crippen LogP contribution in [0.4, 0.5) is 0 Å². The maximum absolute atomic E-state index is 12.2. The van der Waals surface area contributed by atoms with Gasteiger partial charge in [0.15, 0.2) is 0 Å². The highest BCUT2D eigenvalue weighted by Crippen LogP contribution is 2.22. The van der Waals surface area contributed by atoms with Crippen molar-refractivity contribution in [2.45, 2.75) is 38.7 Å². The number of hydrogen-bond acceptors (Lipinski definition) is 3. The number of halogens is 1. The number of likely N-dealkylation sites (tertiary alicyclic amines) is 1. The molecule has 0 bridgehead atoms. The minimum atomic E-state index is -0.574. The number of aliphatic hydroxyl groups is 1. The first-order valence-electron chi connectivity index (χ1n) is 8.53. The van der Waals surface area contributed by atoms with Crippen molar-refractivity contribution < 1.29 is 9.90 Å². The first-order chi connectivity index (χ1) is 11.1. The summed E-state index contributed by atoms with van der Waals surface area (Å²) in [6, 6.07) is 7.33. The molecule has 5 heteroatoms. The maximum Gasteiger partial charge on any atom is 0.224 e. The average molecular weight is 339 g/mol. The summed E-state index contributed by atoms with van der Waals surface area (Å²) in [5.74, 6) is 0.188. The topological polar surface area (TPSA) is 52.6 Å². The van der Waals surface area contributed by atoms with Gasteiger partial charge < -0.3 is 10.4 Å². The monoisotopic (exact) mass is 338 g/mol. The number of unbranched alkanes of at least 4 members (excludes halogenated alkanes) is 1. The van der Waals surface area contributed by atoms with Crippen LogP contribution in [0.2, 0.25) is 5.02 Å². The number of carbonyl (C=O) groups is 1. The molecule has 0 spiro atoms. The maximum atomic E-state index is 12.2. The molecule has 2 unspecified atom stereocenters. The van der Waals surface area contributed by atoms with Crippen molar-refractivity contribution in [3.8, 4) is 0 Å². The van der Waals surface area contributed by atoms with Gasteiger partial charge in [0.25, 0.3) is 0 Å². The molecule has 1 heterocycles. The molecule has 23 heavy (non-hydrogen) atoms. The van der Waals surface area contributed by atoms with E-state index in [2.05, 4.69) is 17.1 Å². The van der Waals surface area contributed by atoms with Crippen molar-refractivity contribution in [1.29, 1.82) is 0 Å². The van der Waals surface area contributed by atoms with Crippen molar-refractivity contribution >= 4 is 17.5 Å². The number of carbonyl (C=O) groups excluding carboxylic acids is 1. The first-order valence-corrected chi connectivity index (χ1v) is 8.91. The number of amides is 1. The highest BCUT2D eigenvalue weighted by molar-refractivity contribution is 6.30. The Morgan fingerprint density at radius 2 is 2.35 bits per heavy atom. The lowest BCUT2D eigenvalue weighted by molar-refractivity contribution is -0.126. The Morgan fingerprint density at radius 3 is 3.09 bits per heavy atom. The van der Waals surface area contributed by atoms with E-state index in [9.17, 15) is 9.90 Å². The third kappa shape index (κ3) is 5.79. The second-order valence-electron chi connectivity index (χ2n) is 6.31. The van der Waals surface area contributed by atoms with E-state index in [0.717, 1.165) is 50.9 Å². The highest BCUT2D eigenvalue weighted by atomic mass is 35.5. The molecule has 0 radical (unpaired) electrons. The third-order valence-corrected chi connectivity index (χ3v) is 4.61. The molecule has 4 nitrogen and oxygen atoms in total. The molecule has 1 aromatic carbocycles. The smallest absolute Gasteiger partial charge is 0.224 e. The molecule has 0 saturated carbocycles. The normalized spacial score (nSPS) is 20.2. The molecule has 1 amide bonds. The number of nitrogens with zero attached hydrogens (tertiary/aromatic N) is 1. The van der Waals surface area contributed by atoms with Crippen LogP contribution in [0, 0.1) is 5.92 Å². The molecular formula is C18H27ClN2O2. The summed E-state index contributed by atoms with van der Waals surface area (Å²) in [6.07, 6.45) is 3.46. The van der Waals surface area contributed by atoms with E-state index in [1.54, 1.807) is 12.1 Å². The van der Waals surface area contributed by atoms with Crippen LogP contribution in [-0.2, 0) is 4.79 Å². The van der Waals surface area contributed by atoms with Gasteiger partial charge in [0.05, 0.1) is 12.0 Å². The average Bonchev–Trinajstić information content (AvgIpc) is 2.55. The Bertz CT molecular complexity index is 510. The summed E-state index contributed by atoms with van der Waals surface area (Å²) in [5, 5.41) is 14.0. The minimum Gasteiger partial charge on any atom is -0.387 e. The van der Waals surface area contributed by atoms with Crippen LogP contribution < -0.4 is 5.32 Å². The van der Waals surface area contributed by atoms with Crippen LogP contribution in [0.25, 0.3) is 0 Å². The van der Waals surface area contributed by atoms with Gasteiger partial charge in [-0.15, -0.1) is 0 Å². The van der Waals surface area contributed by atoms with E-state index in [0.29, 0.717) is 11.6 Å². The molecule has 2 N–H and O–H groups in total. The summed E-state index contributed by atoms with van der Waals surface area (Å²) < 4.78 is 0. The lowest BCUT2D eigenvalue weighted by Gasteiger charge is -2.33. The molecule has 128 valence electrons. The second-order valence-corrected chi connectivity index (χ2v) is 6.75. The van der Waals surface area contributed by atoms with Gasteiger partial charge >= 0.3 is 0 Å². The Kier molecular flexibility index (Phi) is 7.34. The quantitative estimate of drug-likeness (QED) is 0.751. The summed E-state index contributed by atoms with van der Waals surface area (Å²) >= 11 is 5.98. The summed E-state index contributed by atoms with van der Waals surface area (Å²) in [4.78, 5) is 14.4. The predicted octanol–water partition coefficient (Wildman–Crippen LogP) is 3.00. The van der Waals surface area contributed by atoms with Crippen molar-refractivity contribution in [3.05, 3.63) is 34.9 Å². The van der Waals surface area contributed by atoms with Crippen LogP contribution in [0.5, 0.6) is 0 Å². The second kappa shape index (κ2) is 9.26. The third-order valence-electron chi connectivity index (χ3n) is 4.37. The number of benzene rings is 1. The van der Waals surface area contributed by atoms with E-state index in [1.165, 1.54) is 0 Å². The van der Waals surface area contributed by atoms with Gasteiger partial charge in [0.1, 0.15) is 0 Å². The molecule has 1 aliphatic rings. The van der Waals surface area contributed by atoms with Crippen LogP contribution in [-0.4, -0.2) is 42.1 Å². The van der Waals surface area contributed by atoms with E-state index in [4.69, 9.17) is 11.6 Å². The Hall–Kier alpha value is -1.10. The molecule has 2 rings (SSSR count). The zero-order chi connectivity index (χ0) is 16.7. The van der Waals surface area contributed by atoms with Gasteiger partial charge in [-0.25, -0.2) is 0 Å². The minimum absolute atomic E-state index is 0.0344. The van der Waals surface area contributed by atoms with Crippen LogP contribution in [0.3, 0.4) is 0 Å². The van der Waals surface area contributed by atoms with Gasteiger partial charge in [-0.1, -0.05) is 37.1 Å². The molecule has 1 saturated heterocycles. The fourth-order valence-corrected chi connectivity index (χ4v) is 3.23. The van der Waals surface area contributed by atoms with Gasteiger partial charge in [0.2, 0.25) is 5.91 Å². The number of nitrogens with one attached hydrogen (secondary N) is 1. The Labute approximate surface area is 143 Å². The SMILES string of the molecule is CCCCNC(=O)C1CCCN(CC(O)c2cccc(Cl)c2)C1. The highest BCUT2D eigenvalue weighted by Gasteiger charge is 2.26. The molecule has 2 atom stereocenters. The zero-order valence-corrected chi connectivity index (χ0v) is 14.6. The lowest BCUT2D eigenvalue weighted by Crippen LogP contribution is -2.44. The number of hydrogen-bond donors (Lipinski definition) is 2. The lowest BCUT2D eigenvalue weighted by atomic mass is 9.96. The summed E-state index contributed by atoms with van der Waals surface area (Å²) in [5.41, 5.74) is 0.826. The van der Waals surface area contributed by atoms with E-state index in [1.807, 2.05) is 12.1 Å². The van der Waals surface area contributed by atoms with Crippen molar-refractivity contribution in [3.63, 3.8) is 0 Å². The zero-order valence-electron chi connectivity index (χ0n) is 13.8. The largest absolute Gasteiger partial charge is 0.387 e. The van der Waals surface area contributed by atoms with Gasteiger partial charge in [-0.2, -0.15) is 0 Å². The number of β-amino-alcohol motifs (C(OH)–C–C–N with tert-alkyl or cyclic N) is 1. The van der Waals surface area contributed by atoms with Crippen molar-refractivity contribution in [2.24, 2.45) is 5.92 Å². The van der Waals surface area contributed by atoms with Crippen molar-refractivity contribution in [1.82, 2.24) is 10.2 Å². The molecule has 0 aliphatic carbocycles. The fourth-order valence-electron chi connectivity index (χ4n) is 3.03. The predicted molar refractivity (Wildman–Crippen MR) is 93.5 cm³/mol. The van der Waals surface area contributed by atoms with E-state index < -0.39 is 6.10 Å². The van der Waals surface area contributed by atoms with Crippen LogP contribution in [0.15, 0.2) is 24.3 Å². The Balaban J connectivity index is 1.84. The molecule has 0 aromatic heterocycles. The molecule has 1 aliphatic heterocycles. The molecular weight excluding hydrogens is 312 g/mol. The first kappa shape index (κ1) is 18.2. The van der Waals surface area contributed by atoms with Crippen LogP contribution >= 0.6 is 11.6 Å². The molecule has 1 fully saturated rings. The standard InChI is InChI=1S/C18H27ClN2O2/c1-2-3-9-20-18(23)15-7-5-10-21(12-15)13-17(22)14-6-4-8-16(19)11-14/h4,6,8,11,15,17,22H,2-3,5,7,9-10,12-13H2,1H3,(H,20,23). The Morgan fingerprint density at radius 1 is 1.52 bits per heavy atom.